The summed E-state index contributed by atoms with van der Waals surface area (Å²) in [5.41, 5.74) is 2.17. The third-order valence-electron chi connectivity index (χ3n) is 4.24. The fraction of sp³-hybridized carbons (Fsp3) is 0.300. The van der Waals surface area contributed by atoms with Crippen molar-refractivity contribution in [3.8, 4) is 6.07 Å². The highest BCUT2D eigenvalue weighted by Gasteiger charge is 2.23. The largest absolute Gasteiger partial charge is 0.376 e. The van der Waals surface area contributed by atoms with Gasteiger partial charge in [-0.25, -0.2) is 8.42 Å². The van der Waals surface area contributed by atoms with E-state index in [1.165, 1.54) is 4.31 Å². The van der Waals surface area contributed by atoms with E-state index in [2.05, 4.69) is 10.6 Å². The lowest BCUT2D eigenvalue weighted by Gasteiger charge is -2.20. The molecule has 8 heteroatoms. The van der Waals surface area contributed by atoms with Crippen LogP contribution in [0.4, 0.5) is 11.4 Å². The van der Waals surface area contributed by atoms with Crippen molar-refractivity contribution >= 4 is 27.3 Å². The predicted molar refractivity (Wildman–Crippen MR) is 110 cm³/mol. The molecule has 0 radical (unpaired) electrons. The van der Waals surface area contributed by atoms with Crippen LogP contribution in [-0.4, -0.2) is 38.3 Å². The van der Waals surface area contributed by atoms with Crippen LogP contribution in [0.2, 0.25) is 0 Å². The first kappa shape index (κ1) is 21.4. The van der Waals surface area contributed by atoms with Crippen LogP contribution in [0.5, 0.6) is 0 Å². The average Bonchev–Trinajstić information content (AvgIpc) is 2.68. The molecular formula is C20H24N4O3S. The van der Waals surface area contributed by atoms with Gasteiger partial charge in [0.1, 0.15) is 0 Å². The first-order valence-electron chi connectivity index (χ1n) is 8.96. The van der Waals surface area contributed by atoms with Crippen molar-refractivity contribution in [2.45, 2.75) is 25.7 Å². The van der Waals surface area contributed by atoms with Gasteiger partial charge >= 0.3 is 0 Å². The molecule has 0 saturated heterocycles. The summed E-state index contributed by atoms with van der Waals surface area (Å²) in [6, 6.07) is 13.6. The van der Waals surface area contributed by atoms with Gasteiger partial charge in [-0.2, -0.15) is 9.57 Å². The molecule has 0 aliphatic carbocycles. The van der Waals surface area contributed by atoms with Gasteiger partial charge in [-0.3, -0.25) is 4.79 Å². The molecule has 7 nitrogen and oxygen atoms in total. The van der Waals surface area contributed by atoms with E-state index in [0.29, 0.717) is 35.6 Å². The van der Waals surface area contributed by atoms with Crippen LogP contribution in [0.3, 0.4) is 0 Å². The van der Waals surface area contributed by atoms with Crippen molar-refractivity contribution in [1.82, 2.24) is 4.31 Å². The number of amides is 1. The molecule has 0 fully saturated rings. The third kappa shape index (κ3) is 5.09. The molecule has 28 heavy (non-hydrogen) atoms. The van der Waals surface area contributed by atoms with Gasteiger partial charge in [0, 0.05) is 24.5 Å². The van der Waals surface area contributed by atoms with Crippen molar-refractivity contribution in [1.29, 1.82) is 5.26 Å². The van der Waals surface area contributed by atoms with E-state index < -0.39 is 10.0 Å². The number of nitriles is 1. The monoisotopic (exact) mass is 400 g/mol. The van der Waals surface area contributed by atoms with Crippen LogP contribution >= 0.6 is 0 Å². The van der Waals surface area contributed by atoms with E-state index in [1.807, 2.05) is 6.07 Å². The molecule has 0 unspecified atom stereocenters. The predicted octanol–water partition coefficient (Wildman–Crippen LogP) is 2.95. The van der Waals surface area contributed by atoms with Crippen LogP contribution in [0.1, 0.15) is 25.0 Å². The van der Waals surface area contributed by atoms with Gasteiger partial charge in [-0.1, -0.05) is 26.0 Å². The standard InChI is InChI=1S/C20H24N4O3S/c1-4-24(5-2)28(26,27)19-12-17(10-9-15(19)3)22-14-20(25)23-18-8-6-7-16(11-18)13-21/h6-12,22H,4-5,14H2,1-3H3,(H,23,25). The van der Waals surface area contributed by atoms with E-state index in [-0.39, 0.29) is 17.3 Å². The molecule has 1 amide bonds. The number of anilines is 2. The Kier molecular flexibility index (Phi) is 7.15. The maximum Gasteiger partial charge on any atom is 0.243 e. The molecule has 0 aliphatic heterocycles. The molecular weight excluding hydrogens is 376 g/mol. The highest BCUT2D eigenvalue weighted by atomic mass is 32.2. The Hall–Kier alpha value is -2.89. The average molecular weight is 401 g/mol. The first-order valence-corrected chi connectivity index (χ1v) is 10.4. The molecule has 0 bridgehead atoms. The fourth-order valence-corrected chi connectivity index (χ4v) is 4.45. The van der Waals surface area contributed by atoms with Gasteiger partial charge in [0.05, 0.1) is 23.1 Å². The number of carbonyl (C=O) groups excluding carboxylic acids is 1. The van der Waals surface area contributed by atoms with Crippen LogP contribution < -0.4 is 10.6 Å². The topological polar surface area (TPSA) is 102 Å². The van der Waals surface area contributed by atoms with Gasteiger partial charge in [0.15, 0.2) is 0 Å². The summed E-state index contributed by atoms with van der Waals surface area (Å²) in [7, 11) is -3.59. The third-order valence-corrected chi connectivity index (χ3v) is 6.43. The summed E-state index contributed by atoms with van der Waals surface area (Å²) in [5, 5.41) is 14.6. The summed E-state index contributed by atoms with van der Waals surface area (Å²) >= 11 is 0. The van der Waals surface area contributed by atoms with Crippen LogP contribution in [0.25, 0.3) is 0 Å². The Balaban J connectivity index is 2.11. The number of hydrogen-bond donors (Lipinski definition) is 2. The van der Waals surface area contributed by atoms with Gasteiger partial charge in [-0.05, 0) is 42.8 Å². The second-order valence-corrected chi connectivity index (χ2v) is 8.07. The Bertz CT molecular complexity index is 993. The molecule has 0 aromatic heterocycles. The normalized spacial score (nSPS) is 11.1. The first-order chi connectivity index (χ1) is 13.3. The Morgan fingerprint density at radius 2 is 1.82 bits per heavy atom. The molecule has 0 heterocycles. The number of rotatable bonds is 8. The number of aryl methyl sites for hydroxylation is 1. The van der Waals surface area contributed by atoms with Crippen molar-refractivity contribution in [2.24, 2.45) is 0 Å². The SMILES string of the molecule is CCN(CC)S(=O)(=O)c1cc(NCC(=O)Nc2cccc(C#N)c2)ccc1C. The Morgan fingerprint density at radius 1 is 1.11 bits per heavy atom. The zero-order valence-electron chi connectivity index (χ0n) is 16.2. The van der Waals surface area contributed by atoms with E-state index in [4.69, 9.17) is 5.26 Å². The van der Waals surface area contributed by atoms with E-state index >= 15 is 0 Å². The highest BCUT2D eigenvalue weighted by molar-refractivity contribution is 7.89. The molecule has 2 aromatic rings. The number of sulfonamides is 1. The lowest BCUT2D eigenvalue weighted by Crippen LogP contribution is -2.31. The molecule has 2 rings (SSSR count). The molecule has 2 aromatic carbocycles. The molecule has 0 aliphatic rings. The summed E-state index contributed by atoms with van der Waals surface area (Å²) < 4.78 is 27.0. The highest BCUT2D eigenvalue weighted by Crippen LogP contribution is 2.23. The van der Waals surface area contributed by atoms with Gasteiger partial charge < -0.3 is 10.6 Å². The molecule has 0 spiro atoms. The minimum absolute atomic E-state index is 0.0371. The fourth-order valence-electron chi connectivity index (χ4n) is 2.74. The Morgan fingerprint density at radius 3 is 2.46 bits per heavy atom. The van der Waals surface area contributed by atoms with Crippen molar-refractivity contribution in [3.63, 3.8) is 0 Å². The Labute approximate surface area is 166 Å². The number of carbonyl (C=O) groups is 1. The lowest BCUT2D eigenvalue weighted by atomic mass is 10.2. The van der Waals surface area contributed by atoms with Crippen molar-refractivity contribution < 1.29 is 13.2 Å². The van der Waals surface area contributed by atoms with Crippen LogP contribution in [0.15, 0.2) is 47.4 Å². The molecule has 2 N–H and O–H groups in total. The maximum absolute atomic E-state index is 12.8. The summed E-state index contributed by atoms with van der Waals surface area (Å²) in [6.07, 6.45) is 0. The smallest absolute Gasteiger partial charge is 0.243 e. The van der Waals surface area contributed by atoms with Gasteiger partial charge in [-0.15, -0.1) is 0 Å². The zero-order chi connectivity index (χ0) is 20.7. The number of nitrogens with one attached hydrogen (secondary N) is 2. The van der Waals surface area contributed by atoms with Crippen LogP contribution in [-0.2, 0) is 14.8 Å². The minimum Gasteiger partial charge on any atom is -0.376 e. The second-order valence-electron chi connectivity index (χ2n) is 6.16. The quantitative estimate of drug-likeness (QED) is 0.709. The molecule has 148 valence electrons. The maximum atomic E-state index is 12.8. The number of benzene rings is 2. The minimum atomic E-state index is -3.59. The van der Waals surface area contributed by atoms with Crippen molar-refractivity contribution in [2.75, 3.05) is 30.3 Å². The number of nitrogens with zero attached hydrogens (tertiary/aromatic N) is 2. The molecule has 0 saturated carbocycles. The lowest BCUT2D eigenvalue weighted by molar-refractivity contribution is -0.114. The van der Waals surface area contributed by atoms with E-state index in [1.54, 1.807) is 63.2 Å². The van der Waals surface area contributed by atoms with E-state index in [0.717, 1.165) is 0 Å². The summed E-state index contributed by atoms with van der Waals surface area (Å²) in [6.45, 7) is 6.08. The summed E-state index contributed by atoms with van der Waals surface area (Å²) in [4.78, 5) is 12.4. The van der Waals surface area contributed by atoms with Crippen LogP contribution in [0, 0.1) is 18.3 Å². The zero-order valence-corrected chi connectivity index (χ0v) is 17.0. The van der Waals surface area contributed by atoms with Gasteiger partial charge in [0.2, 0.25) is 15.9 Å². The molecule has 0 atom stereocenters. The second kappa shape index (κ2) is 9.35. The van der Waals surface area contributed by atoms with Gasteiger partial charge in [0.25, 0.3) is 0 Å². The number of hydrogen-bond acceptors (Lipinski definition) is 5. The van der Waals surface area contributed by atoms with E-state index in [9.17, 15) is 13.2 Å². The summed E-state index contributed by atoms with van der Waals surface area (Å²) in [5.74, 6) is -0.302. The van der Waals surface area contributed by atoms with Crippen molar-refractivity contribution in [3.05, 3.63) is 53.6 Å².